The van der Waals surface area contributed by atoms with Crippen molar-refractivity contribution in [2.75, 3.05) is 6.61 Å². The van der Waals surface area contributed by atoms with E-state index in [1.165, 1.54) is 19.1 Å². The molecule has 3 nitrogen and oxygen atoms in total. The van der Waals surface area contributed by atoms with Crippen LogP contribution in [0.25, 0.3) is 5.76 Å². The number of Topliss-reactive ketones (excluding diaryl/α,β-unsaturated/α-hetero) is 2. The third-order valence-electron chi connectivity index (χ3n) is 3.55. The van der Waals surface area contributed by atoms with Crippen molar-refractivity contribution in [3.8, 4) is 0 Å². The quantitative estimate of drug-likeness (QED) is 0.676. The van der Waals surface area contributed by atoms with Gasteiger partial charge in [-0.1, -0.05) is 12.1 Å². The number of carbonyl (C=O) groups is 2. The van der Waals surface area contributed by atoms with E-state index in [0.29, 0.717) is 5.56 Å². The summed E-state index contributed by atoms with van der Waals surface area (Å²) in [6.07, 6.45) is 0. The van der Waals surface area contributed by atoms with Gasteiger partial charge in [-0.15, -0.1) is 0 Å². The van der Waals surface area contributed by atoms with Crippen LogP contribution in [-0.2, 0) is 15.5 Å². The van der Waals surface area contributed by atoms with Gasteiger partial charge < -0.3 is 4.74 Å². The van der Waals surface area contributed by atoms with Crippen LogP contribution in [0, 0.1) is 6.92 Å². The van der Waals surface area contributed by atoms with Crippen LogP contribution in [0.1, 0.15) is 34.0 Å². The van der Waals surface area contributed by atoms with Gasteiger partial charge in [-0.05, 0) is 19.4 Å². The molecule has 2 aliphatic rings. The molecule has 1 heterocycles. The van der Waals surface area contributed by atoms with Gasteiger partial charge in [-0.25, -0.2) is 0 Å². The average Bonchev–Trinajstić information content (AvgIpc) is 2.35. The fourth-order valence-electron chi connectivity index (χ4n) is 2.54. The minimum Gasteiger partial charge on any atom is -0.486 e. The Bertz CT molecular complexity index is 672. The minimum atomic E-state index is -3.15. The van der Waals surface area contributed by atoms with Gasteiger partial charge in [0.2, 0.25) is 11.6 Å². The monoisotopic (exact) mass is 264 g/mol. The van der Waals surface area contributed by atoms with Gasteiger partial charge in [0.1, 0.15) is 5.76 Å². The Morgan fingerprint density at radius 1 is 1.11 bits per heavy atom. The van der Waals surface area contributed by atoms with E-state index in [1.807, 2.05) is 0 Å². The number of carbonyl (C=O) groups excluding carboxylic acids is 2. The van der Waals surface area contributed by atoms with Crippen molar-refractivity contribution >= 4 is 17.3 Å². The van der Waals surface area contributed by atoms with Crippen molar-refractivity contribution in [1.82, 2.24) is 0 Å². The summed E-state index contributed by atoms with van der Waals surface area (Å²) in [4.78, 5) is 23.8. The predicted octanol–water partition coefficient (Wildman–Crippen LogP) is 2.61. The van der Waals surface area contributed by atoms with E-state index in [9.17, 15) is 18.4 Å². The highest BCUT2D eigenvalue weighted by Crippen LogP contribution is 2.45. The molecule has 0 atom stereocenters. The van der Waals surface area contributed by atoms with E-state index in [2.05, 4.69) is 0 Å². The molecule has 5 heteroatoms. The lowest BCUT2D eigenvalue weighted by Crippen LogP contribution is -2.34. The first-order chi connectivity index (χ1) is 8.84. The molecule has 1 aromatic rings. The van der Waals surface area contributed by atoms with Crippen LogP contribution in [-0.4, -0.2) is 18.2 Å². The van der Waals surface area contributed by atoms with Crippen LogP contribution in [0.15, 0.2) is 17.7 Å². The molecule has 0 fully saturated rings. The van der Waals surface area contributed by atoms with E-state index in [4.69, 9.17) is 4.74 Å². The van der Waals surface area contributed by atoms with E-state index in [0.717, 1.165) is 0 Å². The fourth-order valence-corrected chi connectivity index (χ4v) is 2.54. The maximum Gasteiger partial charge on any atom is 0.307 e. The normalized spacial score (nSPS) is 20.2. The standard InChI is InChI=1S/C14H10F2O3/c1-6-3-4-8-10-9(6)12(18)11(17)7(2)13(10)19-5-14(8,15)16/h3-4H,5H2,1-2H3. The zero-order chi connectivity index (χ0) is 13.9. The molecule has 0 aromatic heterocycles. The molecule has 98 valence electrons. The highest BCUT2D eigenvalue weighted by molar-refractivity contribution is 6.52. The maximum atomic E-state index is 13.9. The second-order valence-corrected chi connectivity index (χ2v) is 4.79. The number of alkyl halides is 2. The van der Waals surface area contributed by atoms with Crippen LogP contribution >= 0.6 is 0 Å². The van der Waals surface area contributed by atoms with Crippen LogP contribution in [0.5, 0.6) is 0 Å². The Balaban J connectivity index is 2.46. The molecule has 1 aliphatic heterocycles. The number of ketones is 2. The van der Waals surface area contributed by atoms with Gasteiger partial charge in [0.05, 0.1) is 0 Å². The van der Waals surface area contributed by atoms with Crippen molar-refractivity contribution in [1.29, 1.82) is 0 Å². The van der Waals surface area contributed by atoms with Gasteiger partial charge in [-0.2, -0.15) is 8.78 Å². The topological polar surface area (TPSA) is 43.4 Å². The highest BCUT2D eigenvalue weighted by atomic mass is 19.3. The predicted molar refractivity (Wildman–Crippen MR) is 63.0 cm³/mol. The van der Waals surface area contributed by atoms with Crippen LogP contribution < -0.4 is 0 Å². The fraction of sp³-hybridized carbons (Fsp3) is 0.286. The SMILES string of the molecule is CC1=C2OCC(F)(F)c3ccc(C)c(c32)C(=O)C1=O. The lowest BCUT2D eigenvalue weighted by molar-refractivity contribution is -0.112. The highest BCUT2D eigenvalue weighted by Gasteiger charge is 2.46. The molecular formula is C14H10F2O3. The third kappa shape index (κ3) is 1.41. The number of benzene rings is 1. The number of rotatable bonds is 0. The van der Waals surface area contributed by atoms with E-state index in [1.54, 1.807) is 6.92 Å². The molecule has 0 N–H and O–H groups in total. The molecule has 0 radical (unpaired) electrons. The Hall–Kier alpha value is -2.04. The van der Waals surface area contributed by atoms with Gasteiger partial charge >= 0.3 is 5.92 Å². The molecule has 1 aliphatic carbocycles. The molecule has 0 unspecified atom stereocenters. The lowest BCUT2D eigenvalue weighted by Gasteiger charge is -2.32. The van der Waals surface area contributed by atoms with Crippen molar-refractivity contribution in [3.63, 3.8) is 0 Å². The van der Waals surface area contributed by atoms with Gasteiger partial charge in [0.25, 0.3) is 0 Å². The zero-order valence-electron chi connectivity index (χ0n) is 10.3. The molecule has 0 amide bonds. The second kappa shape index (κ2) is 3.50. The smallest absolute Gasteiger partial charge is 0.307 e. The first-order valence-electron chi connectivity index (χ1n) is 5.79. The molecule has 0 saturated carbocycles. The summed E-state index contributed by atoms with van der Waals surface area (Å²) in [5.41, 5.74) is 0.485. The van der Waals surface area contributed by atoms with E-state index >= 15 is 0 Å². The number of halogens is 2. The minimum absolute atomic E-state index is 0.0440. The molecule has 0 spiro atoms. The molecular weight excluding hydrogens is 254 g/mol. The van der Waals surface area contributed by atoms with Crippen LogP contribution in [0.4, 0.5) is 8.78 Å². The Kier molecular flexibility index (Phi) is 2.21. The summed E-state index contributed by atoms with van der Waals surface area (Å²) in [5, 5.41) is 0. The zero-order valence-corrected chi connectivity index (χ0v) is 10.3. The van der Waals surface area contributed by atoms with Crippen molar-refractivity contribution in [3.05, 3.63) is 40.0 Å². The number of aryl methyl sites for hydroxylation is 1. The lowest BCUT2D eigenvalue weighted by atomic mass is 9.81. The van der Waals surface area contributed by atoms with Gasteiger partial charge in [0, 0.05) is 22.3 Å². The van der Waals surface area contributed by atoms with Crippen LogP contribution in [0.2, 0.25) is 0 Å². The third-order valence-corrected chi connectivity index (χ3v) is 3.55. The van der Waals surface area contributed by atoms with Crippen molar-refractivity contribution < 1.29 is 23.1 Å². The number of ether oxygens (including phenoxy) is 1. The van der Waals surface area contributed by atoms with Crippen molar-refractivity contribution in [2.24, 2.45) is 0 Å². The molecule has 0 bridgehead atoms. The Morgan fingerprint density at radius 2 is 1.79 bits per heavy atom. The summed E-state index contributed by atoms with van der Waals surface area (Å²) in [6.45, 7) is 2.23. The number of hydrogen-bond donors (Lipinski definition) is 0. The Labute approximate surface area is 107 Å². The molecule has 1 aromatic carbocycles. The molecule has 3 rings (SSSR count). The average molecular weight is 264 g/mol. The second-order valence-electron chi connectivity index (χ2n) is 4.79. The summed E-state index contributed by atoms with van der Waals surface area (Å²) >= 11 is 0. The van der Waals surface area contributed by atoms with E-state index in [-0.39, 0.29) is 28.0 Å². The van der Waals surface area contributed by atoms with Gasteiger partial charge in [0.15, 0.2) is 6.61 Å². The first kappa shape index (κ1) is 12.0. The van der Waals surface area contributed by atoms with Crippen LogP contribution in [0.3, 0.4) is 0 Å². The largest absolute Gasteiger partial charge is 0.486 e. The molecule has 19 heavy (non-hydrogen) atoms. The summed E-state index contributed by atoms with van der Waals surface area (Å²) < 4.78 is 32.7. The number of allylic oxidation sites excluding steroid dienone is 1. The first-order valence-corrected chi connectivity index (χ1v) is 5.79. The summed E-state index contributed by atoms with van der Waals surface area (Å²) in [5.74, 6) is -4.46. The van der Waals surface area contributed by atoms with E-state index < -0.39 is 24.1 Å². The summed E-state index contributed by atoms with van der Waals surface area (Å²) in [7, 11) is 0. The Morgan fingerprint density at radius 3 is 2.47 bits per heavy atom. The van der Waals surface area contributed by atoms with Gasteiger partial charge in [-0.3, -0.25) is 9.59 Å². The summed E-state index contributed by atoms with van der Waals surface area (Å²) in [6, 6.07) is 2.74. The number of hydrogen-bond acceptors (Lipinski definition) is 3. The molecule has 0 saturated heterocycles. The maximum absolute atomic E-state index is 13.9. The van der Waals surface area contributed by atoms with Crippen molar-refractivity contribution in [2.45, 2.75) is 19.8 Å².